The molecule has 1 N–H and O–H groups in total. The average Bonchev–Trinajstić information content (AvgIpc) is 3.34. The van der Waals surface area contributed by atoms with Gasteiger partial charge in [-0.2, -0.15) is 13.2 Å². The molecule has 1 aromatic carbocycles. The van der Waals surface area contributed by atoms with Gasteiger partial charge in [0.1, 0.15) is 5.82 Å². The number of carbonyl (C=O) groups excluding carboxylic acids is 1. The van der Waals surface area contributed by atoms with Crippen molar-refractivity contribution < 1.29 is 22.4 Å². The average molecular weight is 507 g/mol. The Hall–Kier alpha value is -2.68. The summed E-state index contributed by atoms with van der Waals surface area (Å²) in [5.41, 5.74) is 0.759. The standard InChI is InChI=1S/C25H26ClF3N4O2/c26-19-10-11-20-17(13-19)7-12-21(30-20)31-22(34)14-1-3-15(4-2-14)23-32-33-24(35-23)16-5-8-18(9-6-16)25(27,28)29/h7,10-16,18H,1-6,8-9H2,(H,30,31,34)/t14-,15-,16?,18?. The monoisotopic (exact) mass is 506 g/mol. The summed E-state index contributed by atoms with van der Waals surface area (Å²) >= 11 is 6.01. The number of hydrogen-bond acceptors (Lipinski definition) is 5. The summed E-state index contributed by atoms with van der Waals surface area (Å²) in [5.74, 6) is 0.0270. The normalized spacial score (nSPS) is 25.5. The van der Waals surface area contributed by atoms with Gasteiger partial charge in [0.15, 0.2) is 0 Å². The van der Waals surface area contributed by atoms with Gasteiger partial charge in [0.05, 0.1) is 11.4 Å². The van der Waals surface area contributed by atoms with Crippen LogP contribution in [0.2, 0.25) is 5.02 Å². The number of aromatic nitrogens is 3. The molecule has 2 aliphatic rings. The van der Waals surface area contributed by atoms with Gasteiger partial charge in [-0.15, -0.1) is 10.2 Å². The fourth-order valence-electron chi connectivity index (χ4n) is 5.24. The number of carbonyl (C=O) groups is 1. The zero-order chi connectivity index (χ0) is 24.6. The molecule has 186 valence electrons. The third-order valence-electron chi connectivity index (χ3n) is 7.35. The molecule has 10 heteroatoms. The molecule has 2 aromatic heterocycles. The number of nitrogens with one attached hydrogen (secondary N) is 1. The fourth-order valence-corrected chi connectivity index (χ4v) is 5.42. The summed E-state index contributed by atoms with van der Waals surface area (Å²) < 4.78 is 44.6. The SMILES string of the molecule is O=C(Nc1ccc2cc(Cl)ccc2n1)[C@H]1CC[C@H](c2nnc(C3CCC(C(F)(F)F)CC3)o2)CC1. The van der Waals surface area contributed by atoms with Crippen LogP contribution in [0.25, 0.3) is 10.9 Å². The predicted octanol–water partition coefficient (Wildman–Crippen LogP) is 7.02. The first-order valence-corrected chi connectivity index (χ1v) is 12.4. The number of amides is 1. The topological polar surface area (TPSA) is 80.9 Å². The third-order valence-corrected chi connectivity index (χ3v) is 7.58. The number of pyridine rings is 1. The van der Waals surface area contributed by atoms with Crippen molar-refractivity contribution in [3.05, 3.63) is 47.1 Å². The van der Waals surface area contributed by atoms with E-state index in [9.17, 15) is 18.0 Å². The van der Waals surface area contributed by atoms with Crippen molar-refractivity contribution in [3.8, 4) is 0 Å². The highest BCUT2D eigenvalue weighted by atomic mass is 35.5. The molecule has 2 fully saturated rings. The van der Waals surface area contributed by atoms with Gasteiger partial charge >= 0.3 is 6.18 Å². The molecule has 0 aliphatic heterocycles. The first-order chi connectivity index (χ1) is 16.8. The van der Waals surface area contributed by atoms with Crippen LogP contribution in [-0.4, -0.2) is 27.3 Å². The molecule has 3 aromatic rings. The first-order valence-electron chi connectivity index (χ1n) is 12.0. The van der Waals surface area contributed by atoms with Gasteiger partial charge in [-0.05, 0) is 81.7 Å². The van der Waals surface area contributed by atoms with Crippen molar-refractivity contribution in [3.63, 3.8) is 0 Å². The molecular weight excluding hydrogens is 481 g/mol. The van der Waals surface area contributed by atoms with E-state index in [4.69, 9.17) is 16.0 Å². The number of hydrogen-bond donors (Lipinski definition) is 1. The summed E-state index contributed by atoms with van der Waals surface area (Å²) in [4.78, 5) is 17.3. The Morgan fingerprint density at radius 3 is 2.17 bits per heavy atom. The van der Waals surface area contributed by atoms with Crippen molar-refractivity contribution >= 4 is 34.2 Å². The number of benzene rings is 1. The van der Waals surface area contributed by atoms with E-state index < -0.39 is 12.1 Å². The summed E-state index contributed by atoms with van der Waals surface area (Å²) in [7, 11) is 0. The second kappa shape index (κ2) is 9.76. The van der Waals surface area contributed by atoms with Crippen LogP contribution in [0.4, 0.5) is 19.0 Å². The molecule has 0 atom stereocenters. The van der Waals surface area contributed by atoms with Crippen LogP contribution in [0.15, 0.2) is 34.7 Å². The minimum atomic E-state index is -4.13. The van der Waals surface area contributed by atoms with E-state index in [0.717, 1.165) is 23.7 Å². The number of rotatable bonds is 4. The van der Waals surface area contributed by atoms with E-state index >= 15 is 0 Å². The van der Waals surface area contributed by atoms with Gasteiger partial charge in [-0.1, -0.05) is 11.6 Å². The fraction of sp³-hybridized carbons (Fsp3) is 0.520. The Bertz CT molecular complexity index is 1200. The number of fused-ring (bicyclic) bond motifs is 1. The minimum absolute atomic E-state index is 0.0584. The molecule has 0 saturated heterocycles. The minimum Gasteiger partial charge on any atom is -0.425 e. The van der Waals surface area contributed by atoms with Gasteiger partial charge in [-0.3, -0.25) is 4.79 Å². The zero-order valence-corrected chi connectivity index (χ0v) is 19.8. The van der Waals surface area contributed by atoms with Gasteiger partial charge < -0.3 is 9.73 Å². The Morgan fingerprint density at radius 2 is 1.54 bits per heavy atom. The highest BCUT2D eigenvalue weighted by molar-refractivity contribution is 6.31. The lowest BCUT2D eigenvalue weighted by atomic mass is 9.81. The smallest absolute Gasteiger partial charge is 0.391 e. The van der Waals surface area contributed by atoms with Crippen molar-refractivity contribution in [2.45, 2.75) is 69.4 Å². The highest BCUT2D eigenvalue weighted by Crippen LogP contribution is 2.43. The molecular formula is C25H26ClF3N4O2. The largest absolute Gasteiger partial charge is 0.425 e. The summed E-state index contributed by atoms with van der Waals surface area (Å²) in [6, 6.07) is 9.06. The first kappa shape index (κ1) is 24.0. The van der Waals surface area contributed by atoms with Crippen molar-refractivity contribution in [1.29, 1.82) is 0 Å². The van der Waals surface area contributed by atoms with E-state index in [1.807, 2.05) is 18.2 Å². The summed E-state index contributed by atoms with van der Waals surface area (Å²) in [6.45, 7) is 0. The van der Waals surface area contributed by atoms with Gasteiger partial charge in [0.2, 0.25) is 17.7 Å². The molecule has 2 heterocycles. The Balaban J connectivity index is 1.13. The van der Waals surface area contributed by atoms with Crippen LogP contribution in [0.3, 0.4) is 0 Å². The highest BCUT2D eigenvalue weighted by Gasteiger charge is 2.42. The van der Waals surface area contributed by atoms with E-state index in [1.54, 1.807) is 12.1 Å². The van der Waals surface area contributed by atoms with Crippen LogP contribution in [0, 0.1) is 11.8 Å². The molecule has 2 saturated carbocycles. The number of anilines is 1. The van der Waals surface area contributed by atoms with E-state index in [-0.39, 0.29) is 36.5 Å². The second-order valence-electron chi connectivity index (χ2n) is 9.64. The van der Waals surface area contributed by atoms with Crippen LogP contribution >= 0.6 is 11.6 Å². The molecule has 2 aliphatic carbocycles. The lowest BCUT2D eigenvalue weighted by molar-refractivity contribution is -0.182. The maximum absolute atomic E-state index is 12.9. The Labute approximate surface area is 205 Å². The molecule has 6 nitrogen and oxygen atoms in total. The van der Waals surface area contributed by atoms with Gasteiger partial charge in [0, 0.05) is 28.2 Å². The lowest BCUT2D eigenvalue weighted by Crippen LogP contribution is -2.27. The molecule has 0 bridgehead atoms. The van der Waals surface area contributed by atoms with Crippen molar-refractivity contribution in [1.82, 2.24) is 15.2 Å². The molecule has 0 spiro atoms. The number of halogens is 4. The molecule has 35 heavy (non-hydrogen) atoms. The number of nitrogens with zero attached hydrogens (tertiary/aromatic N) is 3. The van der Waals surface area contributed by atoms with Crippen molar-refractivity contribution in [2.24, 2.45) is 11.8 Å². The maximum atomic E-state index is 12.9. The van der Waals surface area contributed by atoms with Crippen LogP contribution in [0.5, 0.6) is 0 Å². The van der Waals surface area contributed by atoms with E-state index in [0.29, 0.717) is 48.3 Å². The summed E-state index contributed by atoms with van der Waals surface area (Å²) in [5, 5.41) is 12.8. The predicted molar refractivity (Wildman–Crippen MR) is 125 cm³/mol. The molecule has 0 radical (unpaired) electrons. The van der Waals surface area contributed by atoms with Crippen molar-refractivity contribution in [2.75, 3.05) is 5.32 Å². The maximum Gasteiger partial charge on any atom is 0.391 e. The van der Waals surface area contributed by atoms with Crippen LogP contribution in [-0.2, 0) is 4.79 Å². The van der Waals surface area contributed by atoms with Crippen LogP contribution < -0.4 is 5.32 Å². The molecule has 5 rings (SSSR count). The Morgan fingerprint density at radius 1 is 0.914 bits per heavy atom. The third kappa shape index (κ3) is 5.44. The molecule has 0 unspecified atom stereocenters. The molecule has 1 amide bonds. The van der Waals surface area contributed by atoms with E-state index in [1.165, 1.54) is 0 Å². The van der Waals surface area contributed by atoms with Crippen LogP contribution in [0.1, 0.15) is 75.0 Å². The quantitative estimate of drug-likeness (QED) is 0.411. The second-order valence-corrected chi connectivity index (χ2v) is 10.1. The number of alkyl halides is 3. The summed E-state index contributed by atoms with van der Waals surface area (Å²) in [6.07, 6.45) is -0.244. The Kier molecular flexibility index (Phi) is 6.70. The van der Waals surface area contributed by atoms with Gasteiger partial charge in [0.25, 0.3) is 0 Å². The zero-order valence-electron chi connectivity index (χ0n) is 19.0. The van der Waals surface area contributed by atoms with Gasteiger partial charge in [-0.25, -0.2) is 4.98 Å². The lowest BCUT2D eigenvalue weighted by Gasteiger charge is -2.28. The van der Waals surface area contributed by atoms with E-state index in [2.05, 4.69) is 20.5 Å².